The zero-order chi connectivity index (χ0) is 22.3. The van der Waals surface area contributed by atoms with Gasteiger partial charge in [0.25, 0.3) is 15.9 Å². The molecule has 10 heteroatoms. The molecule has 2 N–H and O–H groups in total. The van der Waals surface area contributed by atoms with Gasteiger partial charge in [-0.25, -0.2) is 13.4 Å². The summed E-state index contributed by atoms with van der Waals surface area (Å²) in [5.74, 6) is 0.203. The van der Waals surface area contributed by atoms with Gasteiger partial charge in [-0.1, -0.05) is 37.4 Å². The second-order valence-corrected chi connectivity index (χ2v) is 10.2. The van der Waals surface area contributed by atoms with Gasteiger partial charge in [0.15, 0.2) is 0 Å². The third kappa shape index (κ3) is 6.43. The molecule has 0 aliphatic rings. The number of amides is 1. The first-order valence-electron chi connectivity index (χ1n) is 9.68. The number of rotatable bonds is 10. The predicted molar refractivity (Wildman–Crippen MR) is 123 cm³/mol. The molecular formula is C21H22ClN3O4S2. The molecule has 3 rings (SSSR count). The van der Waals surface area contributed by atoms with Gasteiger partial charge in [-0.3, -0.25) is 9.52 Å². The molecule has 0 saturated carbocycles. The maximum absolute atomic E-state index is 12.5. The lowest BCUT2D eigenvalue weighted by molar-refractivity contribution is 0.0950. The van der Waals surface area contributed by atoms with E-state index in [4.69, 9.17) is 16.3 Å². The number of sulfonamides is 1. The average Bonchev–Trinajstić information content (AvgIpc) is 3.19. The van der Waals surface area contributed by atoms with Gasteiger partial charge in [-0.2, -0.15) is 0 Å². The van der Waals surface area contributed by atoms with Crippen molar-refractivity contribution in [2.45, 2.75) is 30.4 Å². The van der Waals surface area contributed by atoms with Crippen LogP contribution in [0.1, 0.15) is 36.5 Å². The van der Waals surface area contributed by atoms with Gasteiger partial charge in [-0.15, -0.1) is 11.3 Å². The Morgan fingerprint density at radius 2 is 2.00 bits per heavy atom. The fraction of sp³-hybridized carbons (Fsp3) is 0.238. The fourth-order valence-electron chi connectivity index (χ4n) is 2.70. The highest BCUT2D eigenvalue weighted by Crippen LogP contribution is 2.29. The van der Waals surface area contributed by atoms with E-state index in [2.05, 4.69) is 21.9 Å². The maximum Gasteiger partial charge on any atom is 0.271 e. The van der Waals surface area contributed by atoms with E-state index < -0.39 is 10.0 Å². The number of hydrogen-bond donors (Lipinski definition) is 2. The van der Waals surface area contributed by atoms with E-state index in [-0.39, 0.29) is 16.0 Å². The standard InChI is InChI=1S/C21H22ClN3O4S2/c1-2-3-4-12-23-20(26)17-9-6-13-24-21(17)29-16-8-5-7-15(14-16)25-31(27,28)19-11-10-18(22)30-19/h5-11,13-14,25H,2-4,12H2,1H3,(H,23,26). The van der Waals surface area contributed by atoms with E-state index >= 15 is 0 Å². The van der Waals surface area contributed by atoms with Crippen LogP contribution in [-0.2, 0) is 10.0 Å². The molecule has 1 amide bonds. The lowest BCUT2D eigenvalue weighted by atomic mass is 10.2. The number of halogens is 1. The van der Waals surface area contributed by atoms with Gasteiger partial charge in [0.2, 0.25) is 5.88 Å². The van der Waals surface area contributed by atoms with Gasteiger partial charge in [0, 0.05) is 18.8 Å². The summed E-state index contributed by atoms with van der Waals surface area (Å²) in [7, 11) is -3.77. The monoisotopic (exact) mass is 479 g/mol. The summed E-state index contributed by atoms with van der Waals surface area (Å²) in [5.41, 5.74) is 0.613. The van der Waals surface area contributed by atoms with E-state index in [0.717, 1.165) is 30.6 Å². The average molecular weight is 480 g/mol. The third-order valence-corrected chi connectivity index (χ3v) is 7.30. The highest BCUT2D eigenvalue weighted by atomic mass is 35.5. The van der Waals surface area contributed by atoms with E-state index in [9.17, 15) is 13.2 Å². The highest BCUT2D eigenvalue weighted by molar-refractivity contribution is 7.94. The lowest BCUT2D eigenvalue weighted by Crippen LogP contribution is -2.25. The van der Waals surface area contributed by atoms with Crippen molar-refractivity contribution in [2.75, 3.05) is 11.3 Å². The Kier molecular flexibility index (Phi) is 7.89. The minimum atomic E-state index is -3.77. The van der Waals surface area contributed by atoms with E-state index in [1.54, 1.807) is 30.3 Å². The van der Waals surface area contributed by atoms with Crippen molar-refractivity contribution in [2.24, 2.45) is 0 Å². The second-order valence-electron chi connectivity index (χ2n) is 6.61. The molecule has 3 aromatic rings. The van der Waals surface area contributed by atoms with Crippen LogP contribution in [0.2, 0.25) is 4.34 Å². The van der Waals surface area contributed by atoms with Crippen LogP contribution in [-0.4, -0.2) is 25.9 Å². The number of anilines is 1. The zero-order valence-electron chi connectivity index (χ0n) is 16.8. The summed E-state index contributed by atoms with van der Waals surface area (Å²) in [6.07, 6.45) is 4.53. The molecule has 0 fully saturated rings. The van der Waals surface area contributed by atoms with Gasteiger partial charge in [0.05, 0.1) is 10.0 Å². The molecule has 0 aliphatic heterocycles. The minimum absolute atomic E-state index is 0.107. The van der Waals surface area contributed by atoms with Crippen LogP contribution in [0.15, 0.2) is 58.9 Å². The molecule has 2 aromatic heterocycles. The number of unbranched alkanes of at least 4 members (excludes halogenated alkanes) is 2. The summed E-state index contributed by atoms with van der Waals surface area (Å²) in [6.45, 7) is 2.67. The number of aromatic nitrogens is 1. The SMILES string of the molecule is CCCCCNC(=O)c1cccnc1Oc1cccc(NS(=O)(=O)c2ccc(Cl)s2)c1. The molecule has 31 heavy (non-hydrogen) atoms. The van der Waals surface area contributed by atoms with Crippen molar-refractivity contribution < 1.29 is 17.9 Å². The van der Waals surface area contributed by atoms with Crippen molar-refractivity contribution in [3.8, 4) is 11.6 Å². The Morgan fingerprint density at radius 3 is 2.74 bits per heavy atom. The Labute approximate surface area is 190 Å². The molecule has 0 saturated heterocycles. The number of carbonyl (C=O) groups excluding carboxylic acids is 1. The first-order valence-corrected chi connectivity index (χ1v) is 12.4. The van der Waals surface area contributed by atoms with Crippen LogP contribution >= 0.6 is 22.9 Å². The Bertz CT molecular complexity index is 1150. The van der Waals surface area contributed by atoms with Crippen molar-refractivity contribution in [3.63, 3.8) is 0 Å². The van der Waals surface area contributed by atoms with E-state index in [1.807, 2.05) is 0 Å². The number of ether oxygens (including phenoxy) is 1. The predicted octanol–water partition coefficient (Wildman–Crippen LogP) is 5.31. The molecule has 164 valence electrons. The third-order valence-electron chi connectivity index (χ3n) is 4.20. The summed E-state index contributed by atoms with van der Waals surface area (Å²) >= 11 is 6.80. The van der Waals surface area contributed by atoms with Crippen LogP contribution in [0.5, 0.6) is 11.6 Å². The molecule has 0 atom stereocenters. The molecule has 1 aromatic carbocycles. The molecule has 0 spiro atoms. The number of thiophene rings is 1. The van der Waals surface area contributed by atoms with E-state index in [1.165, 1.54) is 24.4 Å². The topological polar surface area (TPSA) is 97.4 Å². The van der Waals surface area contributed by atoms with Gasteiger partial charge in [0.1, 0.15) is 15.5 Å². The van der Waals surface area contributed by atoms with Crippen LogP contribution in [0.25, 0.3) is 0 Å². The molecule has 0 radical (unpaired) electrons. The zero-order valence-corrected chi connectivity index (χ0v) is 19.2. The van der Waals surface area contributed by atoms with Gasteiger partial charge >= 0.3 is 0 Å². The van der Waals surface area contributed by atoms with Crippen LogP contribution in [0.3, 0.4) is 0 Å². The van der Waals surface area contributed by atoms with Crippen molar-refractivity contribution in [3.05, 3.63) is 64.6 Å². The molecule has 0 unspecified atom stereocenters. The van der Waals surface area contributed by atoms with Crippen molar-refractivity contribution in [1.29, 1.82) is 0 Å². The van der Waals surface area contributed by atoms with E-state index in [0.29, 0.717) is 27.9 Å². The van der Waals surface area contributed by atoms with Crippen LogP contribution in [0, 0.1) is 0 Å². The van der Waals surface area contributed by atoms with Crippen molar-refractivity contribution in [1.82, 2.24) is 10.3 Å². The number of benzene rings is 1. The number of hydrogen-bond acceptors (Lipinski definition) is 6. The number of nitrogens with one attached hydrogen (secondary N) is 2. The number of nitrogens with zero attached hydrogens (tertiary/aromatic N) is 1. The first-order chi connectivity index (χ1) is 14.9. The molecule has 0 bridgehead atoms. The largest absolute Gasteiger partial charge is 0.438 e. The Morgan fingerprint density at radius 1 is 1.16 bits per heavy atom. The number of carbonyl (C=O) groups is 1. The van der Waals surface area contributed by atoms with Gasteiger partial charge < -0.3 is 10.1 Å². The molecule has 0 aliphatic carbocycles. The quantitative estimate of drug-likeness (QED) is 0.384. The second kappa shape index (κ2) is 10.6. The van der Waals surface area contributed by atoms with Crippen LogP contribution in [0.4, 0.5) is 5.69 Å². The maximum atomic E-state index is 12.5. The molecule has 7 nitrogen and oxygen atoms in total. The molecule has 2 heterocycles. The summed E-state index contributed by atoms with van der Waals surface area (Å²) < 4.78 is 33.8. The highest BCUT2D eigenvalue weighted by Gasteiger charge is 2.18. The lowest BCUT2D eigenvalue weighted by Gasteiger charge is -2.12. The minimum Gasteiger partial charge on any atom is -0.438 e. The Balaban J connectivity index is 1.73. The number of pyridine rings is 1. The molecular weight excluding hydrogens is 458 g/mol. The fourth-order valence-corrected chi connectivity index (χ4v) is 5.23. The van der Waals surface area contributed by atoms with Crippen LogP contribution < -0.4 is 14.8 Å². The smallest absolute Gasteiger partial charge is 0.271 e. The Hall–Kier alpha value is -2.62. The summed E-state index contributed by atoms with van der Waals surface area (Å²) in [6, 6.07) is 12.7. The summed E-state index contributed by atoms with van der Waals surface area (Å²) in [5, 5.41) is 2.86. The van der Waals surface area contributed by atoms with Gasteiger partial charge in [-0.05, 0) is 42.8 Å². The summed E-state index contributed by atoms with van der Waals surface area (Å²) in [4.78, 5) is 16.7. The first kappa shape index (κ1) is 23.1. The normalized spacial score (nSPS) is 11.2. The van der Waals surface area contributed by atoms with Crippen molar-refractivity contribution >= 4 is 44.6 Å².